The monoisotopic (exact) mass is 282 g/mol. The highest BCUT2D eigenvalue weighted by molar-refractivity contribution is 6.24. The minimum atomic E-state index is -0.208. The largest absolute Gasteiger partial charge is 0.462 e. The fourth-order valence-electron chi connectivity index (χ4n) is 4.62. The van der Waals surface area contributed by atoms with E-state index in [1.807, 2.05) is 30.3 Å². The van der Waals surface area contributed by atoms with Crippen LogP contribution in [0.4, 0.5) is 0 Å². The molecule has 2 fully saturated rings. The third kappa shape index (κ3) is 1.87. The first kappa shape index (κ1) is 12.8. The second kappa shape index (κ2) is 4.55. The van der Waals surface area contributed by atoms with Crippen LogP contribution in [-0.2, 0) is 14.3 Å². The van der Waals surface area contributed by atoms with Crippen LogP contribution in [0.15, 0.2) is 36.4 Å². The van der Waals surface area contributed by atoms with Crippen molar-refractivity contribution in [3.05, 3.63) is 42.0 Å². The van der Waals surface area contributed by atoms with Gasteiger partial charge < -0.3 is 4.74 Å². The molecular formula is C18H18O3. The van der Waals surface area contributed by atoms with Gasteiger partial charge in [0, 0.05) is 24.3 Å². The zero-order chi connectivity index (χ0) is 14.6. The molecule has 3 aliphatic rings. The Bertz CT molecular complexity index is 631. The van der Waals surface area contributed by atoms with Gasteiger partial charge in [-0.15, -0.1) is 0 Å². The Morgan fingerprint density at radius 3 is 2.67 bits per heavy atom. The van der Waals surface area contributed by atoms with Gasteiger partial charge in [-0.05, 0) is 30.2 Å². The number of rotatable bonds is 2. The van der Waals surface area contributed by atoms with E-state index < -0.39 is 0 Å². The second-order valence-corrected chi connectivity index (χ2v) is 6.46. The maximum atomic E-state index is 12.7. The Hall–Kier alpha value is -1.90. The number of hydrogen-bond donors (Lipinski definition) is 0. The minimum absolute atomic E-state index is 0.00734. The summed E-state index contributed by atoms with van der Waals surface area (Å²) in [7, 11) is 0. The van der Waals surface area contributed by atoms with E-state index in [1.165, 1.54) is 6.92 Å². The maximum absolute atomic E-state index is 12.7. The number of fused-ring (bicyclic) bond motifs is 5. The molecule has 1 aromatic carbocycles. The van der Waals surface area contributed by atoms with Gasteiger partial charge in [0.15, 0.2) is 5.78 Å². The summed E-state index contributed by atoms with van der Waals surface area (Å²) in [5.74, 6) is 1.18. The van der Waals surface area contributed by atoms with Gasteiger partial charge in [0.25, 0.3) is 0 Å². The number of Topliss-reactive ketones (excluding diaryl/α,β-unsaturated/α-hetero) is 1. The van der Waals surface area contributed by atoms with Crippen LogP contribution in [0.1, 0.15) is 25.3 Å². The standard InChI is InChI=1S/C18H18O3/c1-10(19)21-16-8-12-7-14(16)15-9-13(18(20)17(12)15)11-5-3-2-4-6-11/h2-6,9,12,14-17H,7-8H2,1H3/t12-,14-,15+,16+,17-/m0/s1. The van der Waals surface area contributed by atoms with E-state index in [1.54, 1.807) is 0 Å². The Balaban J connectivity index is 1.64. The average Bonchev–Trinajstić information content (AvgIpc) is 3.10. The van der Waals surface area contributed by atoms with Crippen LogP contribution in [0.25, 0.3) is 5.57 Å². The first-order valence-electron chi connectivity index (χ1n) is 7.64. The predicted octanol–water partition coefficient (Wildman–Crippen LogP) is 2.86. The minimum Gasteiger partial charge on any atom is -0.462 e. The summed E-state index contributed by atoms with van der Waals surface area (Å²) in [6.07, 6.45) is 4.03. The van der Waals surface area contributed by atoms with Crippen molar-refractivity contribution < 1.29 is 14.3 Å². The molecule has 108 valence electrons. The molecule has 0 aliphatic heterocycles. The number of carbonyl (C=O) groups is 2. The van der Waals surface area contributed by atoms with Gasteiger partial charge in [0.1, 0.15) is 6.10 Å². The normalized spacial score (nSPS) is 36.5. The highest BCUT2D eigenvalue weighted by Gasteiger charge is 2.58. The van der Waals surface area contributed by atoms with Crippen LogP contribution in [0.2, 0.25) is 0 Å². The summed E-state index contributed by atoms with van der Waals surface area (Å²) in [5, 5.41) is 0. The van der Waals surface area contributed by atoms with Gasteiger partial charge in [-0.25, -0.2) is 0 Å². The molecule has 0 unspecified atom stereocenters. The summed E-state index contributed by atoms with van der Waals surface area (Å²) in [6, 6.07) is 9.89. The van der Waals surface area contributed by atoms with Crippen molar-refractivity contribution in [3.8, 4) is 0 Å². The maximum Gasteiger partial charge on any atom is 0.302 e. The molecule has 21 heavy (non-hydrogen) atoms. The summed E-state index contributed by atoms with van der Waals surface area (Å²) >= 11 is 0. The SMILES string of the molecule is CC(=O)O[C@@H]1C[C@@H]2C[C@H]1[C@H]1C=C(c3ccccc3)C(=O)[C@@H]21. The smallest absolute Gasteiger partial charge is 0.302 e. The zero-order valence-corrected chi connectivity index (χ0v) is 12.0. The molecule has 0 heterocycles. The second-order valence-electron chi connectivity index (χ2n) is 6.46. The van der Waals surface area contributed by atoms with Gasteiger partial charge >= 0.3 is 5.97 Å². The van der Waals surface area contributed by atoms with Crippen LogP contribution in [-0.4, -0.2) is 17.9 Å². The van der Waals surface area contributed by atoms with Crippen molar-refractivity contribution in [1.82, 2.24) is 0 Å². The molecule has 4 rings (SSSR count). The number of hydrogen-bond acceptors (Lipinski definition) is 3. The van der Waals surface area contributed by atoms with E-state index in [-0.39, 0.29) is 23.9 Å². The summed E-state index contributed by atoms with van der Waals surface area (Å²) < 4.78 is 5.45. The molecule has 5 atom stereocenters. The van der Waals surface area contributed by atoms with Crippen molar-refractivity contribution in [1.29, 1.82) is 0 Å². The Kier molecular flexibility index (Phi) is 2.78. The lowest BCUT2D eigenvalue weighted by Crippen LogP contribution is -2.33. The van der Waals surface area contributed by atoms with E-state index >= 15 is 0 Å². The van der Waals surface area contributed by atoms with Crippen molar-refractivity contribution in [2.45, 2.75) is 25.9 Å². The van der Waals surface area contributed by atoms with E-state index in [0.717, 1.165) is 24.0 Å². The van der Waals surface area contributed by atoms with E-state index in [0.29, 0.717) is 17.6 Å². The fourth-order valence-corrected chi connectivity index (χ4v) is 4.62. The Morgan fingerprint density at radius 1 is 1.19 bits per heavy atom. The van der Waals surface area contributed by atoms with Crippen LogP contribution >= 0.6 is 0 Å². The zero-order valence-electron chi connectivity index (χ0n) is 12.0. The first-order chi connectivity index (χ1) is 10.1. The van der Waals surface area contributed by atoms with Gasteiger partial charge in [-0.1, -0.05) is 36.4 Å². The predicted molar refractivity (Wildman–Crippen MR) is 78.2 cm³/mol. The third-order valence-corrected chi connectivity index (χ3v) is 5.33. The van der Waals surface area contributed by atoms with Crippen molar-refractivity contribution in [2.24, 2.45) is 23.7 Å². The molecule has 3 aliphatic carbocycles. The number of carbonyl (C=O) groups excluding carboxylic acids is 2. The van der Waals surface area contributed by atoms with Crippen LogP contribution in [0, 0.1) is 23.7 Å². The Labute approximate surface area is 124 Å². The molecule has 3 heteroatoms. The molecule has 0 spiro atoms. The molecule has 0 aromatic heterocycles. The number of allylic oxidation sites excluding steroid dienone is 2. The molecule has 0 radical (unpaired) electrons. The number of ketones is 1. The lowest BCUT2D eigenvalue weighted by Gasteiger charge is -2.29. The molecule has 1 aromatic rings. The molecule has 0 amide bonds. The molecular weight excluding hydrogens is 264 g/mol. The molecule has 2 bridgehead atoms. The van der Waals surface area contributed by atoms with Gasteiger partial charge in [-0.3, -0.25) is 9.59 Å². The highest BCUT2D eigenvalue weighted by atomic mass is 16.5. The number of ether oxygens (including phenoxy) is 1. The van der Waals surface area contributed by atoms with Crippen LogP contribution in [0.3, 0.4) is 0 Å². The van der Waals surface area contributed by atoms with E-state index in [4.69, 9.17) is 4.74 Å². The number of esters is 1. The van der Waals surface area contributed by atoms with Crippen LogP contribution in [0.5, 0.6) is 0 Å². The third-order valence-electron chi connectivity index (χ3n) is 5.33. The first-order valence-corrected chi connectivity index (χ1v) is 7.64. The molecule has 2 saturated carbocycles. The van der Waals surface area contributed by atoms with Crippen molar-refractivity contribution >= 4 is 17.3 Å². The van der Waals surface area contributed by atoms with E-state index in [2.05, 4.69) is 6.08 Å². The molecule has 0 saturated heterocycles. The molecule has 0 N–H and O–H groups in total. The summed E-state index contributed by atoms with van der Waals surface area (Å²) in [4.78, 5) is 23.9. The lowest BCUT2D eigenvalue weighted by atomic mass is 9.79. The topological polar surface area (TPSA) is 43.4 Å². The summed E-state index contributed by atoms with van der Waals surface area (Å²) in [6.45, 7) is 1.47. The van der Waals surface area contributed by atoms with Crippen molar-refractivity contribution in [3.63, 3.8) is 0 Å². The van der Waals surface area contributed by atoms with Gasteiger partial charge in [0.2, 0.25) is 0 Å². The summed E-state index contributed by atoms with van der Waals surface area (Å²) in [5.41, 5.74) is 1.88. The van der Waals surface area contributed by atoms with E-state index in [9.17, 15) is 9.59 Å². The van der Waals surface area contributed by atoms with Gasteiger partial charge in [-0.2, -0.15) is 0 Å². The van der Waals surface area contributed by atoms with Gasteiger partial charge in [0.05, 0.1) is 0 Å². The Morgan fingerprint density at radius 2 is 1.95 bits per heavy atom. The lowest BCUT2D eigenvalue weighted by molar-refractivity contribution is -0.150. The van der Waals surface area contributed by atoms with Crippen molar-refractivity contribution in [2.75, 3.05) is 0 Å². The number of benzene rings is 1. The quantitative estimate of drug-likeness (QED) is 0.783. The van der Waals surface area contributed by atoms with Crippen LogP contribution < -0.4 is 0 Å². The molecule has 3 nitrogen and oxygen atoms in total. The highest BCUT2D eigenvalue weighted by Crippen LogP contribution is 2.58. The average molecular weight is 282 g/mol. The fraction of sp³-hybridized carbons (Fsp3) is 0.444.